The van der Waals surface area contributed by atoms with Gasteiger partial charge >= 0.3 is 11.9 Å². The number of quaternary nitrogens is 1. The Morgan fingerprint density at radius 2 is 1.28 bits per heavy atom. The second-order valence-electron chi connectivity index (χ2n) is 12.2. The van der Waals surface area contributed by atoms with Gasteiger partial charge in [0.25, 0.3) is 7.82 Å². The number of carbonyl (C=O) groups excluding carboxylic acids is 2. The molecule has 0 saturated carbocycles. The van der Waals surface area contributed by atoms with Crippen LogP contribution >= 0.6 is 7.82 Å². The lowest BCUT2D eigenvalue weighted by molar-refractivity contribution is -0.870. The van der Waals surface area contributed by atoms with Gasteiger partial charge in [-0.05, 0) is 51.4 Å². The van der Waals surface area contributed by atoms with Gasteiger partial charge in [0, 0.05) is 12.8 Å². The number of unbranched alkanes of at least 4 members (excludes halogenated alkanes) is 8. The van der Waals surface area contributed by atoms with E-state index in [-0.39, 0.29) is 26.1 Å². The van der Waals surface area contributed by atoms with Crippen molar-refractivity contribution < 1.29 is 42.1 Å². The fraction of sp³-hybridized carbons (Fsp3) is 0.667. The fourth-order valence-electron chi connectivity index (χ4n) is 3.90. The van der Waals surface area contributed by atoms with Crippen molar-refractivity contribution >= 4 is 19.8 Å². The molecule has 0 saturated heterocycles. The molecule has 0 aliphatic carbocycles. The summed E-state index contributed by atoms with van der Waals surface area (Å²) in [6.07, 6.45) is 31.3. The number of esters is 2. The van der Waals surface area contributed by atoms with E-state index in [0.29, 0.717) is 23.9 Å². The van der Waals surface area contributed by atoms with E-state index in [4.69, 9.17) is 18.5 Å². The third-order valence-electron chi connectivity index (χ3n) is 6.62. The van der Waals surface area contributed by atoms with Crippen LogP contribution in [-0.4, -0.2) is 70.0 Å². The molecule has 0 heterocycles. The summed E-state index contributed by atoms with van der Waals surface area (Å²) in [5.74, 6) is -0.933. The van der Waals surface area contributed by atoms with Gasteiger partial charge in [0.05, 0.1) is 27.7 Å². The molecule has 264 valence electrons. The maximum Gasteiger partial charge on any atom is 0.306 e. The van der Waals surface area contributed by atoms with Crippen molar-refractivity contribution in [3.05, 3.63) is 60.8 Å². The summed E-state index contributed by atoms with van der Waals surface area (Å²) < 4.78 is 33.5. The van der Waals surface area contributed by atoms with Crippen LogP contribution in [0.2, 0.25) is 0 Å². The fourth-order valence-corrected chi connectivity index (χ4v) is 4.63. The van der Waals surface area contributed by atoms with Crippen molar-refractivity contribution in [2.24, 2.45) is 0 Å². The quantitative estimate of drug-likeness (QED) is 0.0198. The van der Waals surface area contributed by atoms with Crippen molar-refractivity contribution in [3.8, 4) is 0 Å². The maximum absolute atomic E-state index is 12.5. The van der Waals surface area contributed by atoms with E-state index in [1.165, 1.54) is 25.7 Å². The van der Waals surface area contributed by atoms with E-state index in [0.717, 1.165) is 38.5 Å². The first-order valence-electron chi connectivity index (χ1n) is 17.0. The number of allylic oxidation sites excluding steroid dienone is 10. The van der Waals surface area contributed by atoms with Crippen LogP contribution in [0.3, 0.4) is 0 Å². The van der Waals surface area contributed by atoms with Gasteiger partial charge in [-0.15, -0.1) is 0 Å². The van der Waals surface area contributed by atoms with Crippen molar-refractivity contribution in [2.45, 2.75) is 110 Å². The van der Waals surface area contributed by atoms with Gasteiger partial charge in [-0.2, -0.15) is 0 Å². The van der Waals surface area contributed by atoms with Gasteiger partial charge in [-0.25, -0.2) is 0 Å². The lowest BCUT2D eigenvalue weighted by Gasteiger charge is -2.28. The van der Waals surface area contributed by atoms with Crippen LogP contribution < -0.4 is 4.89 Å². The van der Waals surface area contributed by atoms with Crippen LogP contribution in [0, 0.1) is 0 Å². The second-order valence-corrected chi connectivity index (χ2v) is 13.6. The Labute approximate surface area is 279 Å². The number of carbonyl (C=O) groups is 2. The van der Waals surface area contributed by atoms with Crippen LogP contribution in [0.1, 0.15) is 104 Å². The molecule has 0 fully saturated rings. The smallest absolute Gasteiger partial charge is 0.306 e. The van der Waals surface area contributed by atoms with Crippen LogP contribution in [0.4, 0.5) is 0 Å². The average molecular weight is 668 g/mol. The highest BCUT2D eigenvalue weighted by Crippen LogP contribution is 2.38. The molecule has 0 radical (unpaired) electrons. The molecule has 0 aromatic rings. The number of likely N-dealkylation sites (N-methyl/N-ethyl adjacent to an activating group) is 1. The molecule has 0 aliphatic heterocycles. The third kappa shape index (κ3) is 31.7. The van der Waals surface area contributed by atoms with E-state index in [2.05, 4.69) is 38.2 Å². The molecule has 0 bridgehead atoms. The van der Waals surface area contributed by atoms with Crippen LogP contribution in [-0.2, 0) is 32.7 Å². The molecule has 2 atom stereocenters. The zero-order chi connectivity index (χ0) is 34.4. The molecule has 0 amide bonds. The summed E-state index contributed by atoms with van der Waals surface area (Å²) in [6, 6.07) is 0. The Morgan fingerprint density at radius 1 is 0.696 bits per heavy atom. The van der Waals surface area contributed by atoms with Crippen molar-refractivity contribution in [2.75, 3.05) is 47.5 Å². The minimum atomic E-state index is -4.63. The number of nitrogens with zero attached hydrogens (tertiary/aromatic N) is 1. The first-order chi connectivity index (χ1) is 22.0. The molecule has 2 unspecified atom stereocenters. The van der Waals surface area contributed by atoms with Crippen molar-refractivity contribution in [1.29, 1.82) is 0 Å². The molecule has 0 spiro atoms. The molecule has 0 aliphatic rings. The number of hydrogen-bond donors (Lipinski definition) is 0. The number of rotatable bonds is 29. The number of phosphoric acid groups is 1. The summed E-state index contributed by atoms with van der Waals surface area (Å²) in [7, 11) is 1.11. The SMILES string of the molecule is CC/C=C/C=C/C=C/C=C/CCCCCC(=O)OC(COC(=O)CCC/C=C/CCCCCC)COP(=O)([O-])OCC[N+](C)(C)C. The summed E-state index contributed by atoms with van der Waals surface area (Å²) in [6.45, 7) is 3.91. The van der Waals surface area contributed by atoms with Gasteiger partial charge < -0.3 is 27.9 Å². The zero-order valence-electron chi connectivity index (χ0n) is 29.2. The first-order valence-corrected chi connectivity index (χ1v) is 18.5. The maximum atomic E-state index is 12.5. The summed E-state index contributed by atoms with van der Waals surface area (Å²) in [5, 5.41) is 0. The molecule has 0 rings (SSSR count). The molecule has 9 nitrogen and oxygen atoms in total. The molecule has 0 N–H and O–H groups in total. The predicted octanol–water partition coefficient (Wildman–Crippen LogP) is 7.93. The molecule has 0 aromatic carbocycles. The van der Waals surface area contributed by atoms with E-state index in [9.17, 15) is 19.0 Å². The third-order valence-corrected chi connectivity index (χ3v) is 7.58. The topological polar surface area (TPSA) is 111 Å². The Bertz CT molecular complexity index is 981. The first kappa shape index (κ1) is 43.7. The number of hydrogen-bond acceptors (Lipinski definition) is 8. The minimum Gasteiger partial charge on any atom is -0.756 e. The highest BCUT2D eigenvalue weighted by Gasteiger charge is 2.21. The largest absolute Gasteiger partial charge is 0.756 e. The molecule has 0 aromatic heterocycles. The van der Waals surface area contributed by atoms with E-state index in [1.54, 1.807) is 0 Å². The predicted molar refractivity (Wildman–Crippen MR) is 185 cm³/mol. The highest BCUT2D eigenvalue weighted by molar-refractivity contribution is 7.45. The second kappa shape index (κ2) is 28.9. The Morgan fingerprint density at radius 3 is 1.93 bits per heavy atom. The summed E-state index contributed by atoms with van der Waals surface area (Å²) in [4.78, 5) is 37.1. The minimum absolute atomic E-state index is 0.0456. The number of phosphoric ester groups is 1. The van der Waals surface area contributed by atoms with Crippen molar-refractivity contribution in [3.63, 3.8) is 0 Å². The Kier molecular flexibility index (Phi) is 27.5. The summed E-state index contributed by atoms with van der Waals surface area (Å²) >= 11 is 0. The van der Waals surface area contributed by atoms with Gasteiger partial charge in [0.1, 0.15) is 19.8 Å². The zero-order valence-corrected chi connectivity index (χ0v) is 30.1. The molecular weight excluding hydrogens is 605 g/mol. The van der Waals surface area contributed by atoms with Gasteiger partial charge in [0.15, 0.2) is 6.10 Å². The molecular formula is C36H62NO8P. The lowest BCUT2D eigenvalue weighted by Crippen LogP contribution is -2.37. The standard InChI is InChI=1S/C36H62NO8P/c1-6-8-10-12-14-16-17-18-19-21-23-25-27-29-36(39)45-34(33-44-46(40,41)43-31-30-37(3,4)5)32-42-35(38)28-26-24-22-20-15-13-11-9-7-2/h8,10,12,14,16-20,22,34H,6-7,9,11,13,15,21,23-33H2,1-5H3/b10-8+,14-12+,17-16+,19-18+,22-20+. The van der Waals surface area contributed by atoms with Crippen LogP contribution in [0.15, 0.2) is 60.8 Å². The van der Waals surface area contributed by atoms with E-state index < -0.39 is 32.5 Å². The van der Waals surface area contributed by atoms with Gasteiger partial charge in [-0.1, -0.05) is 100 Å². The molecule has 10 heteroatoms. The monoisotopic (exact) mass is 667 g/mol. The lowest BCUT2D eigenvalue weighted by atomic mass is 10.1. The summed E-state index contributed by atoms with van der Waals surface area (Å²) in [5.41, 5.74) is 0. The number of ether oxygens (including phenoxy) is 2. The average Bonchev–Trinajstić information content (AvgIpc) is 2.99. The Balaban J connectivity index is 4.64. The Hall–Kier alpha value is -2.29. The normalized spacial score (nSPS) is 14.7. The van der Waals surface area contributed by atoms with Crippen LogP contribution in [0.25, 0.3) is 0 Å². The highest BCUT2D eigenvalue weighted by atomic mass is 31.2. The van der Waals surface area contributed by atoms with E-state index >= 15 is 0 Å². The molecule has 46 heavy (non-hydrogen) atoms. The van der Waals surface area contributed by atoms with Crippen molar-refractivity contribution in [1.82, 2.24) is 0 Å². The van der Waals surface area contributed by atoms with Crippen LogP contribution in [0.5, 0.6) is 0 Å². The van der Waals surface area contributed by atoms with E-state index in [1.807, 2.05) is 57.6 Å². The van der Waals surface area contributed by atoms with Gasteiger partial charge in [0.2, 0.25) is 0 Å². The van der Waals surface area contributed by atoms with Gasteiger partial charge in [-0.3, -0.25) is 14.2 Å².